The maximum absolute atomic E-state index is 12.8. The summed E-state index contributed by atoms with van der Waals surface area (Å²) >= 11 is 1.60. The van der Waals surface area contributed by atoms with Crippen molar-refractivity contribution in [2.45, 2.75) is 65.3 Å². The molecular formula is C23H32N4O3S. The van der Waals surface area contributed by atoms with E-state index in [9.17, 15) is 14.7 Å². The molecule has 1 fully saturated rings. The molecule has 31 heavy (non-hydrogen) atoms. The third-order valence-corrected chi connectivity index (χ3v) is 6.81. The van der Waals surface area contributed by atoms with Gasteiger partial charge in [0, 0.05) is 32.0 Å². The number of β-amino-alcohol motifs (C(OH)–C–C–N with tert-alkyl or cyclic N) is 1. The number of carbonyl (C=O) groups is 2. The van der Waals surface area contributed by atoms with E-state index in [1.807, 2.05) is 57.5 Å². The molecule has 168 valence electrons. The van der Waals surface area contributed by atoms with Crippen molar-refractivity contribution < 1.29 is 14.7 Å². The summed E-state index contributed by atoms with van der Waals surface area (Å²) in [5.74, 6) is -0.444. The molecule has 1 aliphatic heterocycles. The Kier molecular flexibility index (Phi) is 7.13. The first-order valence-corrected chi connectivity index (χ1v) is 11.4. The summed E-state index contributed by atoms with van der Waals surface area (Å²) in [6.07, 6.45) is -0.308. The van der Waals surface area contributed by atoms with Crippen LogP contribution in [0.25, 0.3) is 10.4 Å². The number of nitrogens with one attached hydrogen (secondary N) is 1. The highest BCUT2D eigenvalue weighted by molar-refractivity contribution is 7.13. The molecule has 2 aromatic rings. The molecule has 0 aliphatic carbocycles. The molecule has 0 spiro atoms. The number of benzene rings is 1. The molecule has 4 N–H and O–H groups in total. The number of nitrogens with two attached hydrogens (primary N) is 1. The zero-order valence-electron chi connectivity index (χ0n) is 18.6. The predicted octanol–water partition coefficient (Wildman–Crippen LogP) is 2.46. The van der Waals surface area contributed by atoms with Gasteiger partial charge in [-0.1, -0.05) is 45.0 Å². The summed E-state index contributed by atoms with van der Waals surface area (Å²) in [7, 11) is 0. The summed E-state index contributed by atoms with van der Waals surface area (Å²) < 4.78 is 0. The van der Waals surface area contributed by atoms with E-state index in [0.29, 0.717) is 6.54 Å². The third kappa shape index (κ3) is 5.70. The number of amides is 2. The second kappa shape index (κ2) is 9.46. The van der Waals surface area contributed by atoms with Crippen LogP contribution in [0.1, 0.15) is 44.9 Å². The fourth-order valence-corrected chi connectivity index (χ4v) is 4.42. The van der Waals surface area contributed by atoms with Crippen molar-refractivity contribution in [2.24, 2.45) is 11.1 Å². The number of likely N-dealkylation sites (tertiary alicyclic amines) is 1. The van der Waals surface area contributed by atoms with Crippen LogP contribution < -0.4 is 11.1 Å². The number of aliphatic hydroxyl groups excluding tert-OH is 1. The molecular weight excluding hydrogens is 412 g/mol. The summed E-state index contributed by atoms with van der Waals surface area (Å²) in [6, 6.07) is 7.00. The van der Waals surface area contributed by atoms with Crippen molar-refractivity contribution in [3.63, 3.8) is 0 Å². The zero-order chi connectivity index (χ0) is 22.8. The van der Waals surface area contributed by atoms with E-state index in [1.54, 1.807) is 11.3 Å². The van der Waals surface area contributed by atoms with Gasteiger partial charge < -0.3 is 21.1 Å². The van der Waals surface area contributed by atoms with Crippen LogP contribution in [0.2, 0.25) is 0 Å². The van der Waals surface area contributed by atoms with Crippen LogP contribution in [-0.2, 0) is 16.1 Å². The fourth-order valence-electron chi connectivity index (χ4n) is 3.61. The lowest BCUT2D eigenvalue weighted by atomic mass is 9.85. The Labute approximate surface area is 187 Å². The van der Waals surface area contributed by atoms with Crippen LogP contribution in [-0.4, -0.2) is 51.5 Å². The minimum Gasteiger partial charge on any atom is -0.391 e. The van der Waals surface area contributed by atoms with E-state index in [2.05, 4.69) is 10.3 Å². The highest BCUT2D eigenvalue weighted by Crippen LogP contribution is 2.27. The number of rotatable bonds is 6. The van der Waals surface area contributed by atoms with Crippen LogP contribution in [0.3, 0.4) is 0 Å². The summed E-state index contributed by atoms with van der Waals surface area (Å²) in [6.45, 7) is 8.45. The highest BCUT2D eigenvalue weighted by Gasteiger charge is 2.39. The monoisotopic (exact) mass is 444 g/mol. The molecule has 1 aromatic heterocycles. The fraction of sp³-hybridized carbons (Fsp3) is 0.522. The summed E-state index contributed by atoms with van der Waals surface area (Å²) in [5, 5.41) is 13.0. The van der Waals surface area contributed by atoms with Gasteiger partial charge in [0.05, 0.1) is 22.2 Å². The first-order valence-electron chi connectivity index (χ1n) is 10.6. The molecule has 2 heterocycles. The molecule has 1 aromatic carbocycles. The van der Waals surface area contributed by atoms with Gasteiger partial charge in [-0.3, -0.25) is 9.59 Å². The normalized spacial score (nSPS) is 20.0. The van der Waals surface area contributed by atoms with E-state index in [4.69, 9.17) is 5.73 Å². The number of carbonyl (C=O) groups excluding carboxylic acids is 2. The number of aryl methyl sites for hydroxylation is 1. The molecule has 3 rings (SSSR count). The SMILES string of the molecule is Cc1ncsc1-c1ccc(CNC(=O)[C@@H]2C[C@@H](O)CN2C(=O)C[C@H](N)C(C)(C)C)cc1. The van der Waals surface area contributed by atoms with Crippen molar-refractivity contribution in [1.29, 1.82) is 0 Å². The Bertz CT molecular complexity index is 920. The molecule has 0 radical (unpaired) electrons. The van der Waals surface area contributed by atoms with E-state index in [0.717, 1.165) is 21.7 Å². The minimum absolute atomic E-state index is 0.151. The lowest BCUT2D eigenvalue weighted by Gasteiger charge is -2.30. The smallest absolute Gasteiger partial charge is 0.243 e. The summed E-state index contributed by atoms with van der Waals surface area (Å²) in [5.41, 5.74) is 10.8. The van der Waals surface area contributed by atoms with E-state index < -0.39 is 12.1 Å². The Morgan fingerprint density at radius 1 is 1.32 bits per heavy atom. The van der Waals surface area contributed by atoms with Crippen LogP contribution >= 0.6 is 11.3 Å². The Balaban J connectivity index is 1.59. The van der Waals surface area contributed by atoms with Gasteiger partial charge in [0.1, 0.15) is 6.04 Å². The number of aromatic nitrogens is 1. The average molecular weight is 445 g/mol. The van der Waals surface area contributed by atoms with Crippen molar-refractivity contribution in [2.75, 3.05) is 6.54 Å². The Hall–Kier alpha value is -2.29. The van der Waals surface area contributed by atoms with E-state index in [-0.39, 0.29) is 42.7 Å². The third-order valence-electron chi connectivity index (χ3n) is 5.84. The molecule has 2 amide bonds. The van der Waals surface area contributed by atoms with Gasteiger partial charge in [-0.25, -0.2) is 4.98 Å². The van der Waals surface area contributed by atoms with Crippen molar-refractivity contribution in [3.8, 4) is 10.4 Å². The Morgan fingerprint density at radius 3 is 2.58 bits per heavy atom. The molecule has 0 saturated carbocycles. The lowest BCUT2D eigenvalue weighted by Crippen LogP contribution is -2.48. The van der Waals surface area contributed by atoms with Crippen LogP contribution in [0.5, 0.6) is 0 Å². The van der Waals surface area contributed by atoms with Gasteiger partial charge in [0.2, 0.25) is 11.8 Å². The quantitative estimate of drug-likeness (QED) is 0.634. The van der Waals surface area contributed by atoms with Gasteiger partial charge in [-0.15, -0.1) is 11.3 Å². The van der Waals surface area contributed by atoms with Crippen LogP contribution in [0, 0.1) is 12.3 Å². The Morgan fingerprint density at radius 2 is 2.00 bits per heavy atom. The molecule has 7 nitrogen and oxygen atoms in total. The lowest BCUT2D eigenvalue weighted by molar-refractivity contribution is -0.139. The molecule has 8 heteroatoms. The maximum atomic E-state index is 12.8. The van der Waals surface area contributed by atoms with Crippen LogP contribution in [0.15, 0.2) is 29.8 Å². The maximum Gasteiger partial charge on any atom is 0.243 e. The molecule has 1 saturated heterocycles. The van der Waals surface area contributed by atoms with E-state index in [1.165, 1.54) is 4.90 Å². The van der Waals surface area contributed by atoms with E-state index >= 15 is 0 Å². The highest BCUT2D eigenvalue weighted by atomic mass is 32.1. The van der Waals surface area contributed by atoms with Gasteiger partial charge in [0.25, 0.3) is 0 Å². The second-order valence-electron chi connectivity index (χ2n) is 9.31. The molecule has 0 bridgehead atoms. The topological polar surface area (TPSA) is 109 Å². The summed E-state index contributed by atoms with van der Waals surface area (Å²) in [4.78, 5) is 32.5. The zero-order valence-corrected chi connectivity index (χ0v) is 19.4. The van der Waals surface area contributed by atoms with Gasteiger partial charge >= 0.3 is 0 Å². The first kappa shape index (κ1) is 23.4. The largest absolute Gasteiger partial charge is 0.391 e. The number of aliphatic hydroxyl groups is 1. The minimum atomic E-state index is -0.701. The van der Waals surface area contributed by atoms with Gasteiger partial charge in [-0.05, 0) is 23.5 Å². The standard InChI is InChI=1S/C23H32N4O3S/c1-14-21(31-13-26-14)16-7-5-15(6-8-16)11-25-22(30)18-9-17(28)12-27(18)20(29)10-19(24)23(2,3)4/h5-8,13,17-19,28H,9-12,24H2,1-4H3,(H,25,30)/t17-,18+,19+/m1/s1. The van der Waals surface area contributed by atoms with Crippen LogP contribution in [0.4, 0.5) is 0 Å². The molecule has 1 aliphatic rings. The van der Waals surface area contributed by atoms with Gasteiger partial charge in [-0.2, -0.15) is 0 Å². The van der Waals surface area contributed by atoms with Crippen molar-refractivity contribution in [1.82, 2.24) is 15.2 Å². The number of hydrogen-bond acceptors (Lipinski definition) is 6. The molecule has 0 unspecified atom stereocenters. The average Bonchev–Trinajstić information content (AvgIpc) is 3.31. The second-order valence-corrected chi connectivity index (χ2v) is 10.2. The number of nitrogens with zero attached hydrogens (tertiary/aromatic N) is 2. The number of thiazole rings is 1. The van der Waals surface area contributed by atoms with Crippen molar-refractivity contribution >= 4 is 23.2 Å². The van der Waals surface area contributed by atoms with Gasteiger partial charge in [0.15, 0.2) is 0 Å². The van der Waals surface area contributed by atoms with Crippen molar-refractivity contribution in [3.05, 3.63) is 41.0 Å². The predicted molar refractivity (Wildman–Crippen MR) is 122 cm³/mol. The first-order chi connectivity index (χ1) is 14.6. The number of hydrogen-bond donors (Lipinski definition) is 3. The molecule has 3 atom stereocenters.